The van der Waals surface area contributed by atoms with Crippen LogP contribution in [0.15, 0.2) is 36.4 Å². The lowest BCUT2D eigenvalue weighted by atomic mass is 9.96. The summed E-state index contributed by atoms with van der Waals surface area (Å²) in [4.78, 5) is 17.4. The molecule has 2 aromatic carbocycles. The van der Waals surface area contributed by atoms with E-state index in [0.717, 1.165) is 25.1 Å². The average molecular weight is 369 g/mol. The summed E-state index contributed by atoms with van der Waals surface area (Å²) in [6, 6.07) is 13.1. The molecule has 1 saturated heterocycles. The molecule has 3 atom stereocenters. The highest BCUT2D eigenvalue weighted by atomic mass is 16.5. The zero-order chi connectivity index (χ0) is 19.6. The number of nitrogens with zero attached hydrogens (tertiary/aromatic N) is 2. The molecular weight excluding hydrogens is 336 g/mol. The number of likely N-dealkylation sites (tertiary alicyclic amines) is 1. The van der Waals surface area contributed by atoms with Gasteiger partial charge in [-0.3, -0.25) is 9.69 Å². The van der Waals surface area contributed by atoms with Gasteiger partial charge in [-0.15, -0.1) is 0 Å². The Hall–Kier alpha value is -2.07. The van der Waals surface area contributed by atoms with Gasteiger partial charge in [-0.25, -0.2) is 0 Å². The molecule has 1 heterocycles. The molecule has 1 fully saturated rings. The van der Waals surface area contributed by atoms with Gasteiger partial charge >= 0.3 is 0 Å². The van der Waals surface area contributed by atoms with Gasteiger partial charge in [-0.05, 0) is 81.6 Å². The van der Waals surface area contributed by atoms with Crippen LogP contribution in [0.5, 0.6) is 5.75 Å². The molecule has 3 rings (SSSR count). The van der Waals surface area contributed by atoms with Crippen molar-refractivity contribution in [1.29, 1.82) is 0 Å². The van der Waals surface area contributed by atoms with Crippen LogP contribution in [-0.2, 0) is 11.3 Å². The van der Waals surface area contributed by atoms with Crippen molar-refractivity contribution in [2.75, 3.05) is 14.2 Å². The lowest BCUT2D eigenvalue weighted by molar-refractivity contribution is -0.142. The number of carbonyl (C=O) groups is 1. The number of carbonyl (C=O) groups excluding carboxylic acids is 1. The molecule has 0 aromatic heterocycles. The second-order valence-electron chi connectivity index (χ2n) is 8.01. The van der Waals surface area contributed by atoms with Crippen molar-refractivity contribution in [1.82, 2.24) is 9.80 Å². The number of piperidine rings is 1. The van der Waals surface area contributed by atoms with E-state index < -0.39 is 0 Å². The van der Waals surface area contributed by atoms with Crippen molar-refractivity contribution < 1.29 is 9.53 Å². The maximum Gasteiger partial charge on any atom is 0.240 e. The van der Waals surface area contributed by atoms with Crippen LogP contribution >= 0.6 is 0 Å². The molecule has 2 aromatic rings. The van der Waals surface area contributed by atoms with E-state index in [1.54, 1.807) is 7.11 Å². The summed E-state index contributed by atoms with van der Waals surface area (Å²) in [5.74, 6) is 1.12. The van der Waals surface area contributed by atoms with Gasteiger partial charge in [-0.2, -0.15) is 0 Å². The Morgan fingerprint density at radius 2 is 1.78 bits per heavy atom. The number of amides is 1. The molecule has 1 amide bonds. The summed E-state index contributed by atoms with van der Waals surface area (Å²) < 4.78 is 5.30. The molecule has 0 N–H and O–H groups in total. The Labute approximate surface area is 163 Å². The van der Waals surface area contributed by atoms with Gasteiger partial charge < -0.3 is 9.64 Å². The Morgan fingerprint density at radius 1 is 1.15 bits per heavy atom. The molecule has 146 valence electrons. The average Bonchev–Trinajstić information content (AvgIpc) is 2.66. The Balaban J connectivity index is 1.71. The molecule has 1 aliphatic heterocycles. The molecule has 0 spiro atoms. The first-order chi connectivity index (χ1) is 12.9. The van der Waals surface area contributed by atoms with Crippen LogP contribution in [0, 0.1) is 0 Å². The molecule has 0 bridgehead atoms. The molecule has 4 nitrogen and oxygen atoms in total. The fourth-order valence-electron chi connectivity index (χ4n) is 4.18. The van der Waals surface area contributed by atoms with E-state index in [-0.39, 0.29) is 11.9 Å². The van der Waals surface area contributed by atoms with Gasteiger partial charge in [0.25, 0.3) is 0 Å². The van der Waals surface area contributed by atoms with E-state index in [1.807, 2.05) is 26.1 Å². The minimum Gasteiger partial charge on any atom is -0.497 e. The first-order valence-electron chi connectivity index (χ1n) is 9.99. The van der Waals surface area contributed by atoms with Crippen molar-refractivity contribution in [2.24, 2.45) is 0 Å². The Kier molecular flexibility index (Phi) is 6.05. The third-order valence-corrected chi connectivity index (χ3v) is 6.01. The highest BCUT2D eigenvalue weighted by molar-refractivity contribution is 5.84. The van der Waals surface area contributed by atoms with E-state index in [4.69, 9.17) is 4.74 Å². The minimum atomic E-state index is -0.125. The number of likely N-dealkylation sites (N-methyl/N-ethyl adjacent to an activating group) is 1. The number of rotatable bonds is 5. The second kappa shape index (κ2) is 8.30. The molecule has 0 unspecified atom stereocenters. The zero-order valence-electron chi connectivity index (χ0n) is 17.2. The van der Waals surface area contributed by atoms with Crippen molar-refractivity contribution in [3.05, 3.63) is 42.0 Å². The van der Waals surface area contributed by atoms with E-state index in [1.165, 1.54) is 22.8 Å². The number of ether oxygens (including phenoxy) is 1. The highest BCUT2D eigenvalue weighted by Gasteiger charge is 2.32. The highest BCUT2D eigenvalue weighted by Crippen LogP contribution is 2.25. The lowest BCUT2D eigenvalue weighted by Crippen LogP contribution is -2.54. The van der Waals surface area contributed by atoms with E-state index in [0.29, 0.717) is 12.1 Å². The van der Waals surface area contributed by atoms with Crippen LogP contribution < -0.4 is 4.74 Å². The molecule has 0 saturated carbocycles. The van der Waals surface area contributed by atoms with Crippen LogP contribution in [0.4, 0.5) is 0 Å². The number of methoxy groups -OCH3 is 1. The van der Waals surface area contributed by atoms with Crippen LogP contribution in [0.25, 0.3) is 10.8 Å². The summed E-state index contributed by atoms with van der Waals surface area (Å²) in [6.07, 6.45) is 3.44. The molecule has 0 radical (unpaired) electrons. The summed E-state index contributed by atoms with van der Waals surface area (Å²) >= 11 is 0. The van der Waals surface area contributed by atoms with Crippen LogP contribution in [0.2, 0.25) is 0 Å². The molecular formula is C23H32N2O2. The smallest absolute Gasteiger partial charge is 0.240 e. The van der Waals surface area contributed by atoms with Gasteiger partial charge in [0.2, 0.25) is 5.91 Å². The van der Waals surface area contributed by atoms with E-state index in [9.17, 15) is 4.79 Å². The standard InChI is InChI=1S/C23H32N2O2/c1-16-7-6-8-17(2)25(16)23(26)18(3)24(4)15-19-9-10-21-14-22(27-5)12-11-20(21)13-19/h9-14,16-18H,6-8,15H2,1-5H3/t16-,17-,18-/m1/s1. The first-order valence-corrected chi connectivity index (χ1v) is 9.99. The first kappa shape index (κ1) is 19.7. The fourth-order valence-corrected chi connectivity index (χ4v) is 4.18. The summed E-state index contributed by atoms with van der Waals surface area (Å²) in [6.45, 7) is 7.14. The summed E-state index contributed by atoms with van der Waals surface area (Å²) in [5.41, 5.74) is 1.22. The maximum atomic E-state index is 13.1. The van der Waals surface area contributed by atoms with Crippen LogP contribution in [0.3, 0.4) is 0 Å². The number of hydrogen-bond acceptors (Lipinski definition) is 3. The molecule has 1 aliphatic rings. The SMILES string of the molecule is COc1ccc2cc(CN(C)[C@H](C)C(=O)N3[C@H](C)CCC[C@H]3C)ccc2c1. The molecule has 0 aliphatic carbocycles. The van der Waals surface area contributed by atoms with Crippen LogP contribution in [0.1, 0.15) is 45.6 Å². The van der Waals surface area contributed by atoms with Crippen molar-refractivity contribution in [3.8, 4) is 5.75 Å². The predicted octanol–water partition coefficient (Wildman–Crippen LogP) is 4.46. The number of benzene rings is 2. The fraction of sp³-hybridized carbons (Fsp3) is 0.522. The van der Waals surface area contributed by atoms with Gasteiger partial charge in [-0.1, -0.05) is 18.2 Å². The maximum absolute atomic E-state index is 13.1. The number of hydrogen-bond donors (Lipinski definition) is 0. The monoisotopic (exact) mass is 368 g/mol. The van der Waals surface area contributed by atoms with Crippen molar-refractivity contribution in [2.45, 2.75) is 64.7 Å². The van der Waals surface area contributed by atoms with Crippen molar-refractivity contribution in [3.63, 3.8) is 0 Å². The number of fused-ring (bicyclic) bond motifs is 1. The lowest BCUT2D eigenvalue weighted by Gasteiger charge is -2.41. The Bertz CT molecular complexity index is 794. The van der Waals surface area contributed by atoms with Crippen LogP contribution in [-0.4, -0.2) is 48.0 Å². The largest absolute Gasteiger partial charge is 0.497 e. The molecule has 27 heavy (non-hydrogen) atoms. The van der Waals surface area contributed by atoms with E-state index >= 15 is 0 Å². The molecule has 4 heteroatoms. The van der Waals surface area contributed by atoms with Gasteiger partial charge in [0.1, 0.15) is 5.75 Å². The predicted molar refractivity (Wildman–Crippen MR) is 111 cm³/mol. The van der Waals surface area contributed by atoms with Gasteiger partial charge in [0.05, 0.1) is 13.2 Å². The second-order valence-corrected chi connectivity index (χ2v) is 8.01. The van der Waals surface area contributed by atoms with Crippen molar-refractivity contribution >= 4 is 16.7 Å². The van der Waals surface area contributed by atoms with E-state index in [2.05, 4.69) is 47.9 Å². The third kappa shape index (κ3) is 4.27. The minimum absolute atomic E-state index is 0.125. The summed E-state index contributed by atoms with van der Waals surface area (Å²) in [5, 5.41) is 2.36. The van der Waals surface area contributed by atoms with Gasteiger partial charge in [0.15, 0.2) is 0 Å². The Morgan fingerprint density at radius 3 is 2.44 bits per heavy atom. The third-order valence-electron chi connectivity index (χ3n) is 6.01. The summed E-state index contributed by atoms with van der Waals surface area (Å²) in [7, 11) is 3.73. The zero-order valence-corrected chi connectivity index (χ0v) is 17.2. The quantitative estimate of drug-likeness (QED) is 0.781. The topological polar surface area (TPSA) is 32.8 Å². The van der Waals surface area contributed by atoms with Gasteiger partial charge in [0, 0.05) is 18.6 Å². The normalized spacial score (nSPS) is 21.5.